The molecule has 140 valence electrons. The number of carbonyl (C=O) groups excluding carboxylic acids is 3. The first-order valence-corrected chi connectivity index (χ1v) is 7.96. The summed E-state index contributed by atoms with van der Waals surface area (Å²) in [4.78, 5) is 35.4. The van der Waals surface area contributed by atoms with Crippen molar-refractivity contribution in [2.45, 2.75) is 19.6 Å². The number of aromatic nitrogens is 2. The first-order valence-electron chi connectivity index (χ1n) is 7.96. The number of nitrogens with zero attached hydrogens (tertiary/aromatic N) is 1. The van der Waals surface area contributed by atoms with Crippen molar-refractivity contribution in [2.24, 2.45) is 0 Å². The predicted molar refractivity (Wildman–Crippen MR) is 93.3 cm³/mol. The molecular formula is C18H17N3O6. The highest BCUT2D eigenvalue weighted by atomic mass is 16.7. The Morgan fingerprint density at radius 2 is 1.93 bits per heavy atom. The van der Waals surface area contributed by atoms with Crippen LogP contribution in [0.2, 0.25) is 0 Å². The van der Waals surface area contributed by atoms with Crippen molar-refractivity contribution < 1.29 is 28.6 Å². The van der Waals surface area contributed by atoms with Crippen LogP contribution in [-0.2, 0) is 23.8 Å². The fourth-order valence-corrected chi connectivity index (χ4v) is 2.39. The standard InChI is InChI=1S/C18H17N3O6/c1-18(2)26-15(22)12(16(23)27-18)9-19-11-6-4-5-10(7-11)13-8-14(21-20-13)17(24)25-3/h4-9,19H,1-3H3,(H,20,21). The van der Waals surface area contributed by atoms with Gasteiger partial charge in [0, 0.05) is 31.3 Å². The number of ether oxygens (including phenoxy) is 3. The number of rotatable bonds is 4. The molecule has 2 N–H and O–H groups in total. The Labute approximate surface area is 154 Å². The van der Waals surface area contributed by atoms with E-state index in [2.05, 4.69) is 20.3 Å². The number of cyclic esters (lactones) is 2. The van der Waals surface area contributed by atoms with Gasteiger partial charge in [-0.25, -0.2) is 14.4 Å². The summed E-state index contributed by atoms with van der Waals surface area (Å²) in [6, 6.07) is 8.57. The lowest BCUT2D eigenvalue weighted by Crippen LogP contribution is -2.42. The molecule has 2 heterocycles. The van der Waals surface area contributed by atoms with E-state index < -0.39 is 23.7 Å². The molecule has 9 heteroatoms. The van der Waals surface area contributed by atoms with Crippen LogP contribution in [0.25, 0.3) is 11.3 Å². The molecule has 1 aliphatic rings. The lowest BCUT2D eigenvalue weighted by Gasteiger charge is -2.29. The van der Waals surface area contributed by atoms with Crippen LogP contribution < -0.4 is 5.32 Å². The van der Waals surface area contributed by atoms with Gasteiger partial charge in [0.2, 0.25) is 0 Å². The fourth-order valence-electron chi connectivity index (χ4n) is 2.39. The van der Waals surface area contributed by atoms with Crippen LogP contribution >= 0.6 is 0 Å². The molecule has 1 fully saturated rings. The van der Waals surface area contributed by atoms with Crippen LogP contribution in [0, 0.1) is 0 Å². The molecule has 1 aromatic heterocycles. The Bertz CT molecular complexity index is 922. The van der Waals surface area contributed by atoms with Crippen molar-refractivity contribution in [1.29, 1.82) is 0 Å². The van der Waals surface area contributed by atoms with Crippen molar-refractivity contribution in [3.05, 3.63) is 47.8 Å². The maximum Gasteiger partial charge on any atom is 0.356 e. The van der Waals surface area contributed by atoms with Crippen LogP contribution in [0.5, 0.6) is 0 Å². The number of aromatic amines is 1. The Morgan fingerprint density at radius 3 is 2.59 bits per heavy atom. The number of methoxy groups -OCH3 is 1. The Morgan fingerprint density at radius 1 is 1.22 bits per heavy atom. The second-order valence-electron chi connectivity index (χ2n) is 6.12. The first-order chi connectivity index (χ1) is 12.8. The topological polar surface area (TPSA) is 120 Å². The molecule has 1 aromatic carbocycles. The number of benzene rings is 1. The minimum atomic E-state index is -1.29. The lowest BCUT2D eigenvalue weighted by molar-refractivity contribution is -0.222. The van der Waals surface area contributed by atoms with Crippen molar-refractivity contribution >= 4 is 23.6 Å². The molecule has 2 aromatic rings. The average Bonchev–Trinajstić information content (AvgIpc) is 3.10. The lowest BCUT2D eigenvalue weighted by atomic mass is 10.1. The number of carbonyl (C=O) groups is 3. The first kappa shape index (κ1) is 18.2. The second kappa shape index (κ2) is 6.94. The summed E-state index contributed by atoms with van der Waals surface area (Å²) in [5.41, 5.74) is 1.81. The van der Waals surface area contributed by atoms with Gasteiger partial charge in [-0.2, -0.15) is 5.10 Å². The Kier molecular flexibility index (Phi) is 4.68. The van der Waals surface area contributed by atoms with Gasteiger partial charge in [-0.05, 0) is 18.2 Å². The minimum absolute atomic E-state index is 0.225. The molecule has 0 unspecified atom stereocenters. The Hall–Kier alpha value is -3.62. The Balaban J connectivity index is 1.78. The van der Waals surface area contributed by atoms with Gasteiger partial charge in [0.05, 0.1) is 12.8 Å². The normalized spacial score (nSPS) is 15.6. The van der Waals surface area contributed by atoms with E-state index in [-0.39, 0.29) is 11.3 Å². The van der Waals surface area contributed by atoms with Gasteiger partial charge < -0.3 is 19.5 Å². The largest absolute Gasteiger partial charge is 0.464 e. The summed E-state index contributed by atoms with van der Waals surface area (Å²) in [5, 5.41) is 9.53. The summed E-state index contributed by atoms with van der Waals surface area (Å²) in [6.45, 7) is 2.95. The second-order valence-corrected chi connectivity index (χ2v) is 6.12. The van der Waals surface area contributed by atoms with Gasteiger partial charge in [-0.3, -0.25) is 5.10 Å². The maximum absolute atomic E-state index is 11.9. The molecule has 9 nitrogen and oxygen atoms in total. The molecule has 1 saturated heterocycles. The van der Waals surface area contributed by atoms with E-state index in [9.17, 15) is 14.4 Å². The average molecular weight is 371 g/mol. The summed E-state index contributed by atoms with van der Waals surface area (Å²) < 4.78 is 14.7. The summed E-state index contributed by atoms with van der Waals surface area (Å²) in [6.07, 6.45) is 1.23. The summed E-state index contributed by atoms with van der Waals surface area (Å²) in [5.74, 6) is -3.35. The minimum Gasteiger partial charge on any atom is -0.464 e. The molecular weight excluding hydrogens is 354 g/mol. The third kappa shape index (κ3) is 3.97. The van der Waals surface area contributed by atoms with Gasteiger partial charge in [0.25, 0.3) is 5.79 Å². The molecule has 1 aliphatic heterocycles. The van der Waals surface area contributed by atoms with E-state index in [4.69, 9.17) is 9.47 Å². The van der Waals surface area contributed by atoms with E-state index in [1.807, 2.05) is 0 Å². The van der Waals surface area contributed by atoms with E-state index in [1.54, 1.807) is 30.3 Å². The molecule has 0 amide bonds. The molecule has 0 radical (unpaired) electrons. The molecule has 0 spiro atoms. The van der Waals surface area contributed by atoms with Crippen LogP contribution in [0.4, 0.5) is 5.69 Å². The summed E-state index contributed by atoms with van der Waals surface area (Å²) >= 11 is 0. The van der Waals surface area contributed by atoms with Crippen molar-refractivity contribution in [3.63, 3.8) is 0 Å². The highest BCUT2D eigenvalue weighted by Crippen LogP contribution is 2.24. The number of esters is 3. The van der Waals surface area contributed by atoms with E-state index in [0.29, 0.717) is 16.9 Å². The zero-order valence-electron chi connectivity index (χ0n) is 14.9. The highest BCUT2D eigenvalue weighted by Gasteiger charge is 2.38. The fraction of sp³-hybridized carbons (Fsp3) is 0.222. The number of hydrogen-bond acceptors (Lipinski definition) is 8. The zero-order chi connectivity index (χ0) is 19.6. The van der Waals surface area contributed by atoms with Crippen LogP contribution in [0.1, 0.15) is 24.3 Å². The molecule has 27 heavy (non-hydrogen) atoms. The summed E-state index contributed by atoms with van der Waals surface area (Å²) in [7, 11) is 1.28. The number of anilines is 1. The molecule has 3 rings (SSSR count). The van der Waals surface area contributed by atoms with Gasteiger partial charge in [0.1, 0.15) is 5.69 Å². The molecule has 0 atom stereocenters. The molecule has 0 aliphatic carbocycles. The third-order valence-electron chi connectivity index (χ3n) is 3.64. The third-order valence-corrected chi connectivity index (χ3v) is 3.64. The monoisotopic (exact) mass is 371 g/mol. The smallest absolute Gasteiger partial charge is 0.356 e. The van der Waals surface area contributed by atoms with Gasteiger partial charge in [-0.1, -0.05) is 12.1 Å². The molecule has 0 bridgehead atoms. The van der Waals surface area contributed by atoms with Gasteiger partial charge in [0.15, 0.2) is 5.57 Å². The van der Waals surface area contributed by atoms with Crippen molar-refractivity contribution in [3.8, 4) is 11.3 Å². The maximum atomic E-state index is 11.9. The van der Waals surface area contributed by atoms with E-state index in [1.165, 1.54) is 27.2 Å². The van der Waals surface area contributed by atoms with Crippen LogP contribution in [0.3, 0.4) is 0 Å². The SMILES string of the molecule is COC(=O)c1cc(-c2cccc(NC=C3C(=O)OC(C)(C)OC3=O)c2)n[nH]1. The highest BCUT2D eigenvalue weighted by molar-refractivity contribution is 6.15. The predicted octanol–water partition coefficient (Wildman–Crippen LogP) is 2.00. The van der Waals surface area contributed by atoms with Crippen molar-refractivity contribution in [2.75, 3.05) is 12.4 Å². The van der Waals surface area contributed by atoms with Crippen molar-refractivity contribution in [1.82, 2.24) is 10.2 Å². The number of H-pyrrole nitrogens is 1. The number of hydrogen-bond donors (Lipinski definition) is 2. The van der Waals surface area contributed by atoms with Crippen LogP contribution in [0.15, 0.2) is 42.1 Å². The van der Waals surface area contributed by atoms with Crippen LogP contribution in [-0.4, -0.2) is 41.0 Å². The van der Waals surface area contributed by atoms with Gasteiger partial charge >= 0.3 is 17.9 Å². The van der Waals surface area contributed by atoms with E-state index in [0.717, 1.165) is 0 Å². The number of nitrogens with one attached hydrogen (secondary N) is 2. The van der Waals surface area contributed by atoms with Gasteiger partial charge in [-0.15, -0.1) is 0 Å². The van der Waals surface area contributed by atoms with E-state index >= 15 is 0 Å². The quantitative estimate of drug-likeness (QED) is 0.476. The molecule has 0 saturated carbocycles. The zero-order valence-corrected chi connectivity index (χ0v) is 14.9.